The molecule has 0 aliphatic rings. The second kappa shape index (κ2) is 5.70. The first kappa shape index (κ1) is 14.6. The van der Waals surface area contributed by atoms with Crippen LogP contribution in [-0.4, -0.2) is 35.0 Å². The summed E-state index contributed by atoms with van der Waals surface area (Å²) in [5, 5.41) is 6.33. The number of hydrogen-bond acceptors (Lipinski definition) is 5. The topological polar surface area (TPSA) is 105 Å². The number of sulfonamides is 1. The molecule has 7 nitrogen and oxygen atoms in total. The summed E-state index contributed by atoms with van der Waals surface area (Å²) in [6.45, 7) is 2.37. The molecule has 2 aromatic rings. The van der Waals surface area contributed by atoms with Gasteiger partial charge in [-0.05, 0) is 30.2 Å². The number of nitrogens with two attached hydrogens (primary N) is 1. The average molecular weight is 295 g/mol. The number of rotatable bonds is 5. The normalized spacial score (nSPS) is 12.0. The van der Waals surface area contributed by atoms with E-state index < -0.39 is 10.0 Å². The second-order valence-corrected chi connectivity index (χ2v) is 6.53. The van der Waals surface area contributed by atoms with Crippen molar-refractivity contribution in [1.82, 2.24) is 19.5 Å². The van der Waals surface area contributed by atoms with E-state index in [1.165, 1.54) is 17.7 Å². The quantitative estimate of drug-likeness (QED) is 0.830. The Balaban J connectivity index is 2.27. The summed E-state index contributed by atoms with van der Waals surface area (Å²) in [7, 11) is -2.05. The summed E-state index contributed by atoms with van der Waals surface area (Å²) < 4.78 is 26.1. The van der Waals surface area contributed by atoms with Crippen molar-refractivity contribution in [1.29, 1.82) is 0 Å². The predicted octanol–water partition coefficient (Wildman–Crippen LogP) is 0.393. The van der Waals surface area contributed by atoms with Crippen LogP contribution in [0.5, 0.6) is 0 Å². The molecule has 0 saturated heterocycles. The highest BCUT2D eigenvalue weighted by Gasteiger charge is 2.22. The average Bonchev–Trinajstić information content (AvgIpc) is 2.91. The molecule has 0 saturated carbocycles. The van der Waals surface area contributed by atoms with Gasteiger partial charge in [0.15, 0.2) is 0 Å². The number of nitrogens with zero attached hydrogens (tertiary/aromatic N) is 3. The van der Waals surface area contributed by atoms with Gasteiger partial charge in [0.1, 0.15) is 12.2 Å². The first-order valence-corrected chi connectivity index (χ1v) is 7.49. The Kier molecular flexibility index (Phi) is 4.17. The van der Waals surface area contributed by atoms with Crippen LogP contribution in [-0.2, 0) is 23.1 Å². The van der Waals surface area contributed by atoms with Gasteiger partial charge in [0.25, 0.3) is 0 Å². The fourth-order valence-electron chi connectivity index (χ4n) is 1.84. The maximum atomic E-state index is 12.4. The van der Waals surface area contributed by atoms with Crippen LogP contribution < -0.4 is 5.73 Å². The maximum Gasteiger partial charge on any atom is 0.243 e. The zero-order valence-corrected chi connectivity index (χ0v) is 12.2. The van der Waals surface area contributed by atoms with E-state index in [2.05, 4.69) is 15.2 Å². The third-order valence-electron chi connectivity index (χ3n) is 3.08. The van der Waals surface area contributed by atoms with E-state index in [1.807, 2.05) is 6.92 Å². The lowest BCUT2D eigenvalue weighted by Gasteiger charge is -2.16. The van der Waals surface area contributed by atoms with E-state index in [4.69, 9.17) is 5.73 Å². The van der Waals surface area contributed by atoms with Crippen LogP contribution in [0.15, 0.2) is 29.4 Å². The Labute approximate surface area is 117 Å². The van der Waals surface area contributed by atoms with Gasteiger partial charge in [-0.25, -0.2) is 13.4 Å². The van der Waals surface area contributed by atoms with Gasteiger partial charge in [-0.2, -0.15) is 9.40 Å². The van der Waals surface area contributed by atoms with E-state index in [1.54, 1.807) is 18.2 Å². The van der Waals surface area contributed by atoms with Crippen LogP contribution in [0, 0.1) is 6.92 Å². The number of nitrogens with one attached hydrogen (secondary N) is 1. The first-order valence-electron chi connectivity index (χ1n) is 6.05. The first-order chi connectivity index (χ1) is 9.45. The van der Waals surface area contributed by atoms with Gasteiger partial charge in [-0.1, -0.05) is 6.07 Å². The third kappa shape index (κ3) is 2.87. The number of hydrogen-bond donors (Lipinski definition) is 2. The van der Waals surface area contributed by atoms with Crippen LogP contribution in [0.1, 0.15) is 17.0 Å². The third-order valence-corrected chi connectivity index (χ3v) is 4.88. The van der Waals surface area contributed by atoms with Crippen molar-refractivity contribution in [3.8, 4) is 0 Å². The largest absolute Gasteiger partial charge is 0.326 e. The Morgan fingerprint density at radius 2 is 2.15 bits per heavy atom. The highest BCUT2D eigenvalue weighted by atomic mass is 32.2. The highest BCUT2D eigenvalue weighted by Crippen LogP contribution is 2.19. The highest BCUT2D eigenvalue weighted by molar-refractivity contribution is 7.89. The second-order valence-electron chi connectivity index (χ2n) is 4.49. The van der Waals surface area contributed by atoms with Crippen molar-refractivity contribution < 1.29 is 8.42 Å². The SMILES string of the molecule is Cc1cc(S(=O)(=O)N(C)Cc2ncn[nH]2)ccc1CN. The molecule has 3 N–H and O–H groups in total. The van der Waals surface area contributed by atoms with Crippen molar-refractivity contribution in [2.24, 2.45) is 5.73 Å². The lowest BCUT2D eigenvalue weighted by molar-refractivity contribution is 0.457. The molecule has 0 unspecified atom stereocenters. The monoisotopic (exact) mass is 295 g/mol. The van der Waals surface area contributed by atoms with Crippen LogP contribution in [0.25, 0.3) is 0 Å². The summed E-state index contributed by atoms with van der Waals surface area (Å²) in [6.07, 6.45) is 1.34. The van der Waals surface area contributed by atoms with Gasteiger partial charge in [0.05, 0.1) is 11.4 Å². The zero-order chi connectivity index (χ0) is 14.8. The molecule has 1 aromatic carbocycles. The minimum Gasteiger partial charge on any atom is -0.326 e. The molecule has 2 rings (SSSR count). The Hall–Kier alpha value is -1.77. The standard InChI is InChI=1S/C12H17N5O2S/c1-9-5-11(4-3-10(9)6-13)20(18,19)17(2)7-12-14-8-15-16-12/h3-5,8H,6-7,13H2,1-2H3,(H,14,15,16). The molecule has 1 aromatic heterocycles. The van der Waals surface area contributed by atoms with Crippen molar-refractivity contribution >= 4 is 10.0 Å². The molecule has 0 aliphatic heterocycles. The number of aromatic amines is 1. The van der Waals surface area contributed by atoms with Gasteiger partial charge < -0.3 is 5.73 Å². The van der Waals surface area contributed by atoms with Crippen molar-refractivity contribution in [3.63, 3.8) is 0 Å². The molecule has 0 bridgehead atoms. The van der Waals surface area contributed by atoms with Crippen molar-refractivity contribution in [2.45, 2.75) is 24.9 Å². The number of H-pyrrole nitrogens is 1. The minimum atomic E-state index is -3.56. The molecule has 108 valence electrons. The fraction of sp³-hybridized carbons (Fsp3) is 0.333. The van der Waals surface area contributed by atoms with Gasteiger partial charge in [-0.3, -0.25) is 5.10 Å². The van der Waals surface area contributed by atoms with Gasteiger partial charge in [0, 0.05) is 13.6 Å². The summed E-state index contributed by atoms with van der Waals surface area (Å²) in [4.78, 5) is 4.16. The molecule has 0 radical (unpaired) electrons. The molecule has 20 heavy (non-hydrogen) atoms. The smallest absolute Gasteiger partial charge is 0.243 e. The van der Waals surface area contributed by atoms with E-state index in [-0.39, 0.29) is 11.4 Å². The molecule has 8 heteroatoms. The van der Waals surface area contributed by atoms with Crippen molar-refractivity contribution in [2.75, 3.05) is 7.05 Å². The lowest BCUT2D eigenvalue weighted by Crippen LogP contribution is -2.27. The molecule has 0 fully saturated rings. The van der Waals surface area contributed by atoms with Crippen molar-refractivity contribution in [3.05, 3.63) is 41.5 Å². The van der Waals surface area contributed by atoms with Gasteiger partial charge in [0.2, 0.25) is 10.0 Å². The molecule has 0 amide bonds. The summed E-state index contributed by atoms with van der Waals surface area (Å²) in [6, 6.07) is 4.94. The summed E-state index contributed by atoms with van der Waals surface area (Å²) in [5.74, 6) is 0.492. The lowest BCUT2D eigenvalue weighted by atomic mass is 10.1. The van der Waals surface area contributed by atoms with E-state index in [0.29, 0.717) is 12.4 Å². The van der Waals surface area contributed by atoms with Gasteiger partial charge in [-0.15, -0.1) is 0 Å². The molecular formula is C12H17N5O2S. The number of aryl methyl sites for hydroxylation is 1. The summed E-state index contributed by atoms with van der Waals surface area (Å²) >= 11 is 0. The number of benzene rings is 1. The molecule has 0 atom stereocenters. The Bertz CT molecular complexity index is 682. The van der Waals surface area contributed by atoms with E-state index in [9.17, 15) is 8.42 Å². The minimum absolute atomic E-state index is 0.139. The van der Waals surface area contributed by atoms with Crippen LogP contribution in [0.2, 0.25) is 0 Å². The molecule has 1 heterocycles. The number of aromatic nitrogens is 3. The van der Waals surface area contributed by atoms with E-state index in [0.717, 1.165) is 11.1 Å². The Morgan fingerprint density at radius 3 is 2.70 bits per heavy atom. The van der Waals surface area contributed by atoms with E-state index >= 15 is 0 Å². The molecule has 0 spiro atoms. The molecule has 0 aliphatic carbocycles. The van der Waals surface area contributed by atoms with Crippen LogP contribution in [0.4, 0.5) is 0 Å². The molecular weight excluding hydrogens is 278 g/mol. The van der Waals surface area contributed by atoms with Gasteiger partial charge >= 0.3 is 0 Å². The predicted molar refractivity (Wildman–Crippen MR) is 74.1 cm³/mol. The fourth-order valence-corrected chi connectivity index (χ4v) is 3.06. The maximum absolute atomic E-state index is 12.4. The Morgan fingerprint density at radius 1 is 1.40 bits per heavy atom. The van der Waals surface area contributed by atoms with Crippen LogP contribution >= 0.6 is 0 Å². The summed E-state index contributed by atoms with van der Waals surface area (Å²) in [5.41, 5.74) is 7.38. The van der Waals surface area contributed by atoms with Crippen LogP contribution in [0.3, 0.4) is 0 Å². The zero-order valence-electron chi connectivity index (χ0n) is 11.4.